The third-order valence-corrected chi connectivity index (χ3v) is 6.18. The quantitative estimate of drug-likeness (QED) is 0.0910. The Morgan fingerprint density at radius 2 is 0.978 bits per heavy atom. The van der Waals surface area contributed by atoms with Crippen LogP contribution in [0.5, 0.6) is 0 Å². The van der Waals surface area contributed by atoms with Gasteiger partial charge >= 0.3 is 0 Å². The number of carbonyl (C=O) groups excluding carboxylic acids is 3. The minimum Gasteiger partial charge on any atom is -0.379 e. The van der Waals surface area contributed by atoms with Gasteiger partial charge < -0.3 is 53.7 Å². The van der Waals surface area contributed by atoms with E-state index in [4.69, 9.17) is 48.4 Å². The van der Waals surface area contributed by atoms with Gasteiger partial charge in [0.1, 0.15) is 13.2 Å². The number of nitrogens with one attached hydrogen (secondary N) is 1. The fourth-order valence-electron chi connectivity index (χ4n) is 3.80. The van der Waals surface area contributed by atoms with Crippen LogP contribution in [0.3, 0.4) is 0 Å². The number of ketones is 2. The number of ether oxygens (including phenoxy) is 9. The summed E-state index contributed by atoms with van der Waals surface area (Å²) in [4.78, 5) is 36.1. The zero-order valence-electron chi connectivity index (χ0n) is 27.7. The van der Waals surface area contributed by atoms with Gasteiger partial charge in [-0.25, -0.2) is 0 Å². The Kier molecular flexibility index (Phi) is 34.0. The fourth-order valence-corrected chi connectivity index (χ4v) is 3.80. The summed E-state index contributed by atoms with van der Waals surface area (Å²) in [5, 5.41) is 2.59. The molecule has 0 aromatic heterocycles. The second kappa shape index (κ2) is 35.3. The molecule has 0 aliphatic rings. The highest BCUT2D eigenvalue weighted by molar-refractivity contribution is 5.87. The molecule has 1 amide bonds. The van der Waals surface area contributed by atoms with Gasteiger partial charge in [0.25, 0.3) is 0 Å². The lowest BCUT2D eigenvalue weighted by Crippen LogP contribution is -2.30. The van der Waals surface area contributed by atoms with E-state index < -0.39 is 5.92 Å². The molecule has 0 saturated carbocycles. The maximum absolute atomic E-state index is 12.2. The summed E-state index contributed by atoms with van der Waals surface area (Å²) in [6.45, 7) is 10.3. The molecule has 0 rings (SSSR count). The van der Waals surface area contributed by atoms with Crippen molar-refractivity contribution in [1.82, 2.24) is 5.32 Å². The third kappa shape index (κ3) is 32.2. The summed E-state index contributed by atoms with van der Waals surface area (Å²) in [5.74, 6) is -0.862. The van der Waals surface area contributed by atoms with Crippen molar-refractivity contribution in [1.29, 1.82) is 0 Å². The first kappa shape index (κ1) is 43.4. The highest BCUT2D eigenvalue weighted by atomic mass is 16.6. The Labute approximate surface area is 269 Å². The third-order valence-electron chi connectivity index (χ3n) is 6.18. The first-order chi connectivity index (χ1) is 22.0. The van der Waals surface area contributed by atoms with Crippen LogP contribution in [-0.4, -0.2) is 150 Å². The summed E-state index contributed by atoms with van der Waals surface area (Å²) in [5.41, 5.74) is 5.50. The summed E-state index contributed by atoms with van der Waals surface area (Å²) in [6.07, 6.45) is 3.14. The molecule has 1 atom stereocenters. The van der Waals surface area contributed by atoms with Gasteiger partial charge in [0.2, 0.25) is 5.91 Å². The van der Waals surface area contributed by atoms with Gasteiger partial charge in [-0.3, -0.25) is 14.4 Å². The molecular formula is C31H60N2O12. The molecule has 3 N–H and O–H groups in total. The largest absolute Gasteiger partial charge is 0.379 e. The van der Waals surface area contributed by atoms with Crippen LogP contribution in [0.1, 0.15) is 45.4 Å². The number of Topliss-reactive ketones (excluding diaryl/α,β-unsaturated/α-hetero) is 2. The van der Waals surface area contributed by atoms with Gasteiger partial charge in [-0.15, -0.1) is 0 Å². The molecule has 0 radical (unpaired) electrons. The normalized spacial score (nSPS) is 12.0. The number of unbranched alkanes of at least 4 members (excludes halogenated alkanes) is 1. The molecule has 266 valence electrons. The molecule has 0 bridgehead atoms. The number of rotatable bonds is 37. The zero-order valence-corrected chi connectivity index (χ0v) is 27.7. The number of hydrogen-bond donors (Lipinski definition) is 2. The summed E-state index contributed by atoms with van der Waals surface area (Å²) in [6, 6.07) is 0. The van der Waals surface area contributed by atoms with Crippen LogP contribution in [0.15, 0.2) is 0 Å². The molecular weight excluding hydrogens is 592 g/mol. The van der Waals surface area contributed by atoms with Crippen LogP contribution in [0.4, 0.5) is 0 Å². The second-order valence-corrected chi connectivity index (χ2v) is 9.96. The lowest BCUT2D eigenvalue weighted by molar-refractivity contribution is -0.133. The molecule has 0 spiro atoms. The monoisotopic (exact) mass is 652 g/mol. The van der Waals surface area contributed by atoms with Crippen LogP contribution in [-0.2, 0) is 57.0 Å². The van der Waals surface area contributed by atoms with E-state index in [9.17, 15) is 14.4 Å². The van der Waals surface area contributed by atoms with Crippen molar-refractivity contribution in [3.8, 4) is 0 Å². The molecule has 0 aromatic rings. The van der Waals surface area contributed by atoms with Crippen LogP contribution in [0, 0.1) is 5.92 Å². The van der Waals surface area contributed by atoms with Crippen molar-refractivity contribution in [3.63, 3.8) is 0 Å². The predicted octanol–water partition coefficient (Wildman–Crippen LogP) is 0.955. The maximum Gasteiger partial charge on any atom is 0.223 e. The molecule has 0 heterocycles. The molecule has 0 fully saturated rings. The Morgan fingerprint density at radius 3 is 1.40 bits per heavy atom. The van der Waals surface area contributed by atoms with E-state index in [1.807, 2.05) is 6.92 Å². The van der Waals surface area contributed by atoms with Gasteiger partial charge in [-0.2, -0.15) is 0 Å². The molecule has 14 heteroatoms. The summed E-state index contributed by atoms with van der Waals surface area (Å²) >= 11 is 0. The summed E-state index contributed by atoms with van der Waals surface area (Å²) in [7, 11) is 1.55. The Hall–Kier alpha value is -1.59. The van der Waals surface area contributed by atoms with Crippen molar-refractivity contribution in [2.75, 3.05) is 133 Å². The van der Waals surface area contributed by atoms with Crippen molar-refractivity contribution in [3.05, 3.63) is 0 Å². The predicted molar refractivity (Wildman–Crippen MR) is 167 cm³/mol. The lowest BCUT2D eigenvalue weighted by atomic mass is 9.95. The average molecular weight is 653 g/mol. The van der Waals surface area contributed by atoms with E-state index in [-0.39, 0.29) is 37.1 Å². The number of amides is 1. The van der Waals surface area contributed by atoms with E-state index in [1.165, 1.54) is 0 Å². The standard InChI is InChI=1S/C31H60N2O12/c1-3-37-11-12-39-15-16-41-19-20-43-23-24-44-22-21-42-18-17-40-14-13-38-10-6-8-29(34)26-45-27-30(35)25-28(31(36)33-2)7-4-5-9-32/h28H,3-27,32H2,1-2H3,(H,33,36). The summed E-state index contributed by atoms with van der Waals surface area (Å²) < 4.78 is 48.5. The molecule has 0 aromatic carbocycles. The van der Waals surface area contributed by atoms with E-state index in [1.54, 1.807) is 7.05 Å². The molecule has 1 unspecified atom stereocenters. The van der Waals surface area contributed by atoms with Crippen molar-refractivity contribution in [2.45, 2.75) is 45.4 Å². The van der Waals surface area contributed by atoms with Gasteiger partial charge in [0, 0.05) is 39.0 Å². The van der Waals surface area contributed by atoms with Gasteiger partial charge in [0.05, 0.1) is 92.5 Å². The zero-order chi connectivity index (χ0) is 33.1. The Morgan fingerprint density at radius 1 is 0.556 bits per heavy atom. The van der Waals surface area contributed by atoms with Gasteiger partial charge in [0.15, 0.2) is 11.6 Å². The minimum atomic E-state index is -0.400. The second-order valence-electron chi connectivity index (χ2n) is 9.96. The topological polar surface area (TPSA) is 172 Å². The lowest BCUT2D eigenvalue weighted by Gasteiger charge is -2.14. The van der Waals surface area contributed by atoms with Crippen molar-refractivity contribution >= 4 is 17.5 Å². The maximum atomic E-state index is 12.2. The number of nitrogens with two attached hydrogens (primary N) is 1. The van der Waals surface area contributed by atoms with Crippen LogP contribution in [0.2, 0.25) is 0 Å². The SMILES string of the molecule is CCOCCOCCOCCOCCOCCOCCOCCOCCCC(=O)COCC(=O)CC(CCCCN)C(=O)NC. The van der Waals surface area contributed by atoms with E-state index >= 15 is 0 Å². The van der Waals surface area contributed by atoms with Crippen molar-refractivity contribution < 1.29 is 57.0 Å². The van der Waals surface area contributed by atoms with Gasteiger partial charge in [-0.1, -0.05) is 6.42 Å². The Balaban J connectivity index is 3.39. The minimum absolute atomic E-state index is 0.0936. The van der Waals surface area contributed by atoms with Crippen molar-refractivity contribution in [2.24, 2.45) is 11.7 Å². The van der Waals surface area contributed by atoms with Crippen LogP contribution >= 0.6 is 0 Å². The van der Waals surface area contributed by atoms with E-state index in [0.29, 0.717) is 132 Å². The first-order valence-corrected chi connectivity index (χ1v) is 16.2. The fraction of sp³-hybridized carbons (Fsp3) is 0.903. The van der Waals surface area contributed by atoms with E-state index in [2.05, 4.69) is 5.32 Å². The molecule has 45 heavy (non-hydrogen) atoms. The highest BCUT2D eigenvalue weighted by Crippen LogP contribution is 2.14. The molecule has 0 aliphatic heterocycles. The van der Waals surface area contributed by atoms with Crippen LogP contribution in [0.25, 0.3) is 0 Å². The first-order valence-electron chi connectivity index (χ1n) is 16.2. The van der Waals surface area contributed by atoms with E-state index in [0.717, 1.165) is 12.8 Å². The number of hydrogen-bond acceptors (Lipinski definition) is 13. The van der Waals surface area contributed by atoms with Gasteiger partial charge in [-0.05, 0) is 32.7 Å². The van der Waals surface area contributed by atoms with Crippen LogP contribution < -0.4 is 11.1 Å². The Bertz CT molecular complexity index is 687. The molecule has 0 aliphatic carbocycles. The highest BCUT2D eigenvalue weighted by Gasteiger charge is 2.20. The average Bonchev–Trinajstić information content (AvgIpc) is 3.04. The molecule has 0 saturated heterocycles. The number of carbonyl (C=O) groups is 3. The smallest absolute Gasteiger partial charge is 0.223 e. The molecule has 14 nitrogen and oxygen atoms in total.